The molecular formula is C28H32N4O3. The van der Waals surface area contributed by atoms with E-state index in [0.29, 0.717) is 41.4 Å². The first-order valence-corrected chi connectivity index (χ1v) is 12.4. The highest BCUT2D eigenvalue weighted by Gasteiger charge is 2.27. The SMILES string of the molecule is COCCCn1c(C(=O)N2CCC(Cc3ccccc3)CC2)cc2c(=O)n3cccc(C)c3nc21. The molecule has 1 saturated heterocycles. The number of aromatic nitrogens is 3. The van der Waals surface area contributed by atoms with Gasteiger partial charge in [-0.3, -0.25) is 14.0 Å². The van der Waals surface area contributed by atoms with Gasteiger partial charge in [-0.1, -0.05) is 36.4 Å². The summed E-state index contributed by atoms with van der Waals surface area (Å²) in [6.45, 7) is 4.53. The fraction of sp³-hybridized carbons (Fsp3) is 0.393. The lowest BCUT2D eigenvalue weighted by Gasteiger charge is -2.32. The Morgan fingerprint density at radius 1 is 1.09 bits per heavy atom. The predicted molar refractivity (Wildman–Crippen MR) is 137 cm³/mol. The van der Waals surface area contributed by atoms with Crippen LogP contribution in [-0.4, -0.2) is 51.6 Å². The fourth-order valence-electron chi connectivity index (χ4n) is 5.18. The molecule has 1 aliphatic heterocycles. The summed E-state index contributed by atoms with van der Waals surface area (Å²) in [5, 5.41) is 0.479. The highest BCUT2D eigenvalue weighted by Crippen LogP contribution is 2.25. The van der Waals surface area contributed by atoms with Crippen molar-refractivity contribution >= 4 is 22.6 Å². The van der Waals surface area contributed by atoms with Gasteiger partial charge in [0.1, 0.15) is 17.0 Å². The van der Waals surface area contributed by atoms with Crippen LogP contribution in [0.2, 0.25) is 0 Å². The number of ether oxygens (including phenoxy) is 1. The first-order valence-electron chi connectivity index (χ1n) is 12.4. The Balaban J connectivity index is 1.44. The average Bonchev–Trinajstić information content (AvgIpc) is 3.24. The van der Waals surface area contributed by atoms with E-state index in [1.54, 1.807) is 23.8 Å². The van der Waals surface area contributed by atoms with Gasteiger partial charge in [0.05, 0.1) is 5.39 Å². The second-order valence-corrected chi connectivity index (χ2v) is 9.49. The van der Waals surface area contributed by atoms with Crippen molar-refractivity contribution in [2.45, 2.75) is 39.2 Å². The number of amides is 1. The Morgan fingerprint density at radius 2 is 1.86 bits per heavy atom. The smallest absolute Gasteiger partial charge is 0.270 e. The van der Waals surface area contributed by atoms with Gasteiger partial charge in [0, 0.05) is 39.5 Å². The Labute approximate surface area is 205 Å². The van der Waals surface area contributed by atoms with Gasteiger partial charge in [-0.15, -0.1) is 0 Å². The van der Waals surface area contributed by atoms with E-state index in [9.17, 15) is 9.59 Å². The van der Waals surface area contributed by atoms with Crippen molar-refractivity contribution in [3.63, 3.8) is 0 Å². The number of aryl methyl sites for hydroxylation is 2. The zero-order chi connectivity index (χ0) is 24.4. The molecule has 0 atom stereocenters. The Kier molecular flexibility index (Phi) is 6.68. The maximum Gasteiger partial charge on any atom is 0.270 e. The highest BCUT2D eigenvalue weighted by molar-refractivity contribution is 5.98. The van der Waals surface area contributed by atoms with Crippen molar-refractivity contribution in [3.05, 3.63) is 81.9 Å². The minimum absolute atomic E-state index is 0.0243. The number of hydrogen-bond donors (Lipinski definition) is 0. The van der Waals surface area contributed by atoms with E-state index in [2.05, 4.69) is 24.3 Å². The lowest BCUT2D eigenvalue weighted by atomic mass is 9.90. The molecule has 1 aliphatic rings. The number of rotatable bonds is 7. The van der Waals surface area contributed by atoms with Crippen LogP contribution in [0.5, 0.6) is 0 Å². The number of carbonyl (C=O) groups is 1. The molecule has 0 N–H and O–H groups in total. The minimum Gasteiger partial charge on any atom is -0.385 e. The summed E-state index contributed by atoms with van der Waals surface area (Å²) in [5.41, 5.74) is 3.86. The van der Waals surface area contributed by atoms with Crippen LogP contribution in [0.1, 0.15) is 40.9 Å². The summed E-state index contributed by atoms with van der Waals surface area (Å²) in [7, 11) is 1.67. The molecule has 7 nitrogen and oxygen atoms in total. The zero-order valence-corrected chi connectivity index (χ0v) is 20.4. The highest BCUT2D eigenvalue weighted by atomic mass is 16.5. The van der Waals surface area contributed by atoms with Gasteiger partial charge in [0.25, 0.3) is 11.5 Å². The van der Waals surface area contributed by atoms with Crippen molar-refractivity contribution in [1.29, 1.82) is 0 Å². The number of benzene rings is 1. The lowest BCUT2D eigenvalue weighted by molar-refractivity contribution is 0.0679. The molecule has 1 fully saturated rings. The third-order valence-corrected chi connectivity index (χ3v) is 7.11. The summed E-state index contributed by atoms with van der Waals surface area (Å²) in [5.74, 6) is 0.553. The third-order valence-electron chi connectivity index (χ3n) is 7.11. The van der Waals surface area contributed by atoms with Crippen LogP contribution >= 0.6 is 0 Å². The van der Waals surface area contributed by atoms with Crippen molar-refractivity contribution in [1.82, 2.24) is 18.9 Å². The molecule has 7 heteroatoms. The van der Waals surface area contributed by atoms with Gasteiger partial charge in [0.2, 0.25) is 0 Å². The fourth-order valence-corrected chi connectivity index (χ4v) is 5.18. The minimum atomic E-state index is -0.144. The number of hydrogen-bond acceptors (Lipinski definition) is 4. The van der Waals surface area contributed by atoms with Crippen LogP contribution in [0, 0.1) is 12.8 Å². The summed E-state index contributed by atoms with van der Waals surface area (Å²) >= 11 is 0. The molecular weight excluding hydrogens is 440 g/mol. The molecule has 35 heavy (non-hydrogen) atoms. The maximum absolute atomic E-state index is 13.7. The molecule has 0 radical (unpaired) electrons. The number of carbonyl (C=O) groups excluding carboxylic acids is 1. The van der Waals surface area contributed by atoms with E-state index in [1.165, 1.54) is 5.56 Å². The van der Waals surface area contributed by atoms with Crippen molar-refractivity contribution in [3.8, 4) is 0 Å². The molecule has 4 heterocycles. The van der Waals surface area contributed by atoms with Gasteiger partial charge < -0.3 is 14.2 Å². The number of piperidine rings is 1. The topological polar surface area (TPSA) is 68.8 Å². The van der Waals surface area contributed by atoms with E-state index in [1.807, 2.05) is 34.6 Å². The molecule has 182 valence electrons. The Bertz CT molecular complexity index is 1400. The zero-order valence-electron chi connectivity index (χ0n) is 20.4. The van der Waals surface area contributed by atoms with Crippen molar-refractivity contribution < 1.29 is 9.53 Å². The van der Waals surface area contributed by atoms with Crippen molar-refractivity contribution in [2.24, 2.45) is 5.92 Å². The van der Waals surface area contributed by atoms with Gasteiger partial charge in [0.15, 0.2) is 0 Å². The van der Waals surface area contributed by atoms with Gasteiger partial charge >= 0.3 is 0 Å². The van der Waals surface area contributed by atoms with Gasteiger partial charge in [-0.2, -0.15) is 0 Å². The van der Waals surface area contributed by atoms with Crippen molar-refractivity contribution in [2.75, 3.05) is 26.8 Å². The third kappa shape index (κ3) is 4.60. The number of nitrogens with zero attached hydrogens (tertiary/aromatic N) is 4. The van der Waals surface area contributed by atoms with Gasteiger partial charge in [-0.05, 0) is 61.8 Å². The predicted octanol–water partition coefficient (Wildman–Crippen LogP) is 4.09. The summed E-state index contributed by atoms with van der Waals surface area (Å²) in [6, 6.07) is 16.1. The average molecular weight is 473 g/mol. The summed E-state index contributed by atoms with van der Waals surface area (Å²) in [6.07, 6.45) is 5.47. The van der Waals surface area contributed by atoms with Crippen LogP contribution in [0.25, 0.3) is 16.7 Å². The van der Waals surface area contributed by atoms with E-state index >= 15 is 0 Å². The molecule has 0 bridgehead atoms. The normalized spacial score (nSPS) is 14.7. The maximum atomic E-state index is 13.7. The van der Waals surface area contributed by atoms with E-state index < -0.39 is 0 Å². The Morgan fingerprint density at radius 3 is 2.60 bits per heavy atom. The molecule has 0 saturated carbocycles. The molecule has 3 aromatic heterocycles. The van der Waals surface area contributed by atoms with Gasteiger partial charge in [-0.25, -0.2) is 4.98 Å². The number of methoxy groups -OCH3 is 1. The molecule has 0 unspecified atom stereocenters. The second kappa shape index (κ2) is 10.0. The molecule has 5 rings (SSSR count). The second-order valence-electron chi connectivity index (χ2n) is 9.49. The van der Waals surface area contributed by atoms with Crippen LogP contribution < -0.4 is 5.56 Å². The monoisotopic (exact) mass is 472 g/mol. The van der Waals surface area contributed by atoms with E-state index in [-0.39, 0.29) is 11.5 Å². The van der Waals surface area contributed by atoms with Crippen LogP contribution in [0.15, 0.2) is 59.5 Å². The quantitative estimate of drug-likeness (QED) is 0.380. The standard InChI is InChI=1S/C28H32N4O3/c1-20-8-6-13-32-25(20)29-26-23(27(32)33)19-24(31(26)14-7-17-35-2)28(34)30-15-11-22(12-16-30)18-21-9-4-3-5-10-21/h3-6,8-10,13,19,22H,7,11-12,14-18H2,1-2H3. The van der Waals surface area contributed by atoms with Crippen LogP contribution in [0.3, 0.4) is 0 Å². The molecule has 0 aliphatic carbocycles. The largest absolute Gasteiger partial charge is 0.385 e. The Hall–Kier alpha value is -3.45. The summed E-state index contributed by atoms with van der Waals surface area (Å²) in [4.78, 5) is 33.8. The van der Waals surface area contributed by atoms with E-state index in [0.717, 1.165) is 44.3 Å². The van der Waals surface area contributed by atoms with Crippen LogP contribution in [-0.2, 0) is 17.7 Å². The molecule has 1 aromatic carbocycles. The number of pyridine rings is 1. The summed E-state index contributed by atoms with van der Waals surface area (Å²) < 4.78 is 8.73. The lowest BCUT2D eigenvalue weighted by Crippen LogP contribution is -2.39. The number of fused-ring (bicyclic) bond motifs is 2. The van der Waals surface area contributed by atoms with E-state index in [4.69, 9.17) is 9.72 Å². The molecule has 4 aromatic rings. The molecule has 1 amide bonds. The first kappa shape index (κ1) is 23.3. The first-order chi connectivity index (χ1) is 17.1. The number of likely N-dealkylation sites (tertiary alicyclic amines) is 1. The molecule has 0 spiro atoms. The van der Waals surface area contributed by atoms with Crippen LogP contribution in [0.4, 0.5) is 0 Å².